The van der Waals surface area contributed by atoms with Crippen LogP contribution in [-0.4, -0.2) is 22.2 Å². The lowest BCUT2D eigenvalue weighted by molar-refractivity contribution is -0.140. The van der Waals surface area contributed by atoms with E-state index in [0.717, 1.165) is 0 Å². The van der Waals surface area contributed by atoms with E-state index in [1.54, 1.807) is 18.2 Å². The first kappa shape index (κ1) is 21.0. The molecule has 2 aromatic carbocycles. The minimum atomic E-state index is -4.68. The smallest absolute Gasteiger partial charge is 0.433 e. The van der Waals surface area contributed by atoms with E-state index in [1.807, 2.05) is 5.10 Å². The molecule has 0 bridgehead atoms. The van der Waals surface area contributed by atoms with E-state index in [4.69, 9.17) is 27.9 Å². The highest BCUT2D eigenvalue weighted by atomic mass is 35.5. The predicted octanol–water partition coefficient (Wildman–Crippen LogP) is 5.81. The lowest BCUT2D eigenvalue weighted by Gasteiger charge is -2.16. The van der Waals surface area contributed by atoms with Crippen LogP contribution in [0.25, 0.3) is 11.1 Å². The standard InChI is InChI=1S/C19H14Cl2F3N3O2/c1-10(29-14-8-7-12(20)9-13(14)21)18(28)25-17-15(11-5-3-2-4-6-11)16(26-27-17)19(22,23)24/h2-10H,1H3,(H2,25,26,27,28). The lowest BCUT2D eigenvalue weighted by Crippen LogP contribution is -2.30. The molecule has 152 valence electrons. The fraction of sp³-hybridized carbons (Fsp3) is 0.158. The maximum Gasteiger partial charge on any atom is 0.433 e. The number of carbonyl (C=O) groups excluding carboxylic acids is 1. The summed E-state index contributed by atoms with van der Waals surface area (Å²) in [6.07, 6.45) is -5.75. The molecule has 5 nitrogen and oxygen atoms in total. The number of hydrogen-bond acceptors (Lipinski definition) is 3. The Hall–Kier alpha value is -2.71. The Kier molecular flexibility index (Phi) is 6.04. The molecule has 0 fully saturated rings. The van der Waals surface area contributed by atoms with Gasteiger partial charge in [-0.3, -0.25) is 9.89 Å². The molecule has 0 aliphatic rings. The minimum Gasteiger partial charge on any atom is -0.479 e. The molecular formula is C19H14Cl2F3N3O2. The summed E-state index contributed by atoms with van der Waals surface area (Å²) in [5, 5.41) is 8.56. The third kappa shape index (κ3) is 4.83. The summed E-state index contributed by atoms with van der Waals surface area (Å²) >= 11 is 11.8. The summed E-state index contributed by atoms with van der Waals surface area (Å²) < 4.78 is 45.6. The molecule has 3 rings (SSSR count). The maximum atomic E-state index is 13.4. The van der Waals surface area contributed by atoms with Crippen molar-refractivity contribution >= 4 is 34.9 Å². The van der Waals surface area contributed by atoms with E-state index in [-0.39, 0.29) is 27.7 Å². The number of rotatable bonds is 5. The van der Waals surface area contributed by atoms with Gasteiger partial charge in [0.1, 0.15) is 11.4 Å². The number of alkyl halides is 3. The molecule has 0 saturated carbocycles. The summed E-state index contributed by atoms with van der Waals surface area (Å²) in [4.78, 5) is 12.5. The predicted molar refractivity (Wildman–Crippen MR) is 104 cm³/mol. The van der Waals surface area contributed by atoms with Gasteiger partial charge in [-0.2, -0.15) is 18.3 Å². The van der Waals surface area contributed by atoms with Crippen LogP contribution in [0.2, 0.25) is 10.0 Å². The van der Waals surface area contributed by atoms with Gasteiger partial charge in [0.15, 0.2) is 11.9 Å². The van der Waals surface area contributed by atoms with Crippen molar-refractivity contribution in [3.8, 4) is 16.9 Å². The van der Waals surface area contributed by atoms with Crippen molar-refractivity contribution in [2.45, 2.75) is 19.2 Å². The number of carbonyl (C=O) groups is 1. The van der Waals surface area contributed by atoms with Crippen LogP contribution in [-0.2, 0) is 11.0 Å². The number of amides is 1. The van der Waals surface area contributed by atoms with Crippen LogP contribution in [0.3, 0.4) is 0 Å². The van der Waals surface area contributed by atoms with E-state index >= 15 is 0 Å². The number of anilines is 1. The largest absolute Gasteiger partial charge is 0.479 e. The molecule has 1 aromatic heterocycles. The number of halogens is 5. The van der Waals surface area contributed by atoms with Crippen LogP contribution < -0.4 is 10.1 Å². The van der Waals surface area contributed by atoms with Crippen LogP contribution >= 0.6 is 23.2 Å². The van der Waals surface area contributed by atoms with Gasteiger partial charge in [0.2, 0.25) is 0 Å². The summed E-state index contributed by atoms with van der Waals surface area (Å²) in [5.74, 6) is -0.750. The normalized spacial score (nSPS) is 12.5. The van der Waals surface area contributed by atoms with Gasteiger partial charge >= 0.3 is 6.18 Å². The Morgan fingerprint density at radius 2 is 1.86 bits per heavy atom. The Morgan fingerprint density at radius 1 is 1.17 bits per heavy atom. The first-order valence-electron chi connectivity index (χ1n) is 8.30. The number of nitrogens with zero attached hydrogens (tertiary/aromatic N) is 1. The Labute approximate surface area is 173 Å². The molecule has 0 saturated heterocycles. The van der Waals surface area contributed by atoms with Crippen molar-refractivity contribution in [3.05, 3.63) is 64.3 Å². The van der Waals surface area contributed by atoms with Crippen molar-refractivity contribution in [2.75, 3.05) is 5.32 Å². The van der Waals surface area contributed by atoms with Gasteiger partial charge in [-0.15, -0.1) is 0 Å². The molecular weight excluding hydrogens is 430 g/mol. The zero-order chi connectivity index (χ0) is 21.2. The second-order valence-electron chi connectivity index (χ2n) is 6.01. The minimum absolute atomic E-state index is 0.196. The third-order valence-corrected chi connectivity index (χ3v) is 4.45. The SMILES string of the molecule is CC(Oc1ccc(Cl)cc1Cl)C(=O)Nc1n[nH]c(C(F)(F)F)c1-c1ccccc1. The summed E-state index contributed by atoms with van der Waals surface area (Å²) in [5.41, 5.74) is -1.07. The Bertz CT molecular complexity index is 1020. The van der Waals surface area contributed by atoms with E-state index in [2.05, 4.69) is 10.4 Å². The van der Waals surface area contributed by atoms with Crippen LogP contribution in [0, 0.1) is 0 Å². The van der Waals surface area contributed by atoms with Crippen LogP contribution in [0.4, 0.5) is 19.0 Å². The average Bonchev–Trinajstić information content (AvgIpc) is 3.08. The van der Waals surface area contributed by atoms with Gasteiger partial charge in [0, 0.05) is 5.02 Å². The zero-order valence-electron chi connectivity index (χ0n) is 14.8. The molecule has 1 amide bonds. The van der Waals surface area contributed by atoms with E-state index < -0.39 is 23.9 Å². The van der Waals surface area contributed by atoms with Crippen molar-refractivity contribution in [1.82, 2.24) is 10.2 Å². The van der Waals surface area contributed by atoms with Gasteiger partial charge in [0.05, 0.1) is 10.6 Å². The van der Waals surface area contributed by atoms with Gasteiger partial charge in [-0.25, -0.2) is 0 Å². The topological polar surface area (TPSA) is 67.0 Å². The highest BCUT2D eigenvalue weighted by molar-refractivity contribution is 6.35. The van der Waals surface area contributed by atoms with Gasteiger partial charge in [-0.05, 0) is 30.7 Å². The Morgan fingerprint density at radius 3 is 2.48 bits per heavy atom. The Balaban J connectivity index is 1.86. The van der Waals surface area contributed by atoms with E-state index in [1.165, 1.54) is 37.3 Å². The van der Waals surface area contributed by atoms with Crippen LogP contribution in [0.5, 0.6) is 5.75 Å². The monoisotopic (exact) mass is 443 g/mol. The van der Waals surface area contributed by atoms with Gasteiger partial charge in [-0.1, -0.05) is 53.5 Å². The highest BCUT2D eigenvalue weighted by Crippen LogP contribution is 2.39. The number of aromatic amines is 1. The molecule has 10 heteroatoms. The van der Waals surface area contributed by atoms with Gasteiger partial charge in [0.25, 0.3) is 5.91 Å². The quantitative estimate of drug-likeness (QED) is 0.522. The molecule has 1 heterocycles. The van der Waals surface area contributed by atoms with Crippen molar-refractivity contribution in [1.29, 1.82) is 0 Å². The second-order valence-corrected chi connectivity index (χ2v) is 6.85. The van der Waals surface area contributed by atoms with E-state index in [0.29, 0.717) is 5.02 Å². The summed E-state index contributed by atoms with van der Waals surface area (Å²) in [7, 11) is 0. The summed E-state index contributed by atoms with van der Waals surface area (Å²) in [6.45, 7) is 1.43. The number of H-pyrrole nitrogens is 1. The lowest BCUT2D eigenvalue weighted by atomic mass is 10.0. The van der Waals surface area contributed by atoms with Crippen molar-refractivity contribution in [2.24, 2.45) is 0 Å². The van der Waals surface area contributed by atoms with Crippen LogP contribution in [0.15, 0.2) is 48.5 Å². The number of benzene rings is 2. The number of nitrogens with one attached hydrogen (secondary N) is 2. The molecule has 1 atom stereocenters. The van der Waals surface area contributed by atoms with Crippen molar-refractivity contribution in [3.63, 3.8) is 0 Å². The second kappa shape index (κ2) is 8.34. The average molecular weight is 444 g/mol. The first-order chi connectivity index (χ1) is 13.7. The van der Waals surface area contributed by atoms with Gasteiger partial charge < -0.3 is 10.1 Å². The van der Waals surface area contributed by atoms with E-state index in [9.17, 15) is 18.0 Å². The fourth-order valence-electron chi connectivity index (χ4n) is 2.56. The third-order valence-electron chi connectivity index (χ3n) is 3.92. The molecule has 0 spiro atoms. The fourth-order valence-corrected chi connectivity index (χ4v) is 3.01. The maximum absolute atomic E-state index is 13.4. The molecule has 29 heavy (non-hydrogen) atoms. The molecule has 0 radical (unpaired) electrons. The number of ether oxygens (including phenoxy) is 1. The zero-order valence-corrected chi connectivity index (χ0v) is 16.4. The molecule has 1 unspecified atom stereocenters. The number of aromatic nitrogens is 2. The molecule has 0 aliphatic carbocycles. The summed E-state index contributed by atoms with van der Waals surface area (Å²) in [6, 6.07) is 12.3. The first-order valence-corrected chi connectivity index (χ1v) is 9.06. The van der Waals surface area contributed by atoms with Crippen LogP contribution in [0.1, 0.15) is 12.6 Å². The number of hydrogen-bond donors (Lipinski definition) is 2. The molecule has 3 aromatic rings. The highest BCUT2D eigenvalue weighted by Gasteiger charge is 2.38. The van der Waals surface area contributed by atoms with Crippen molar-refractivity contribution < 1.29 is 22.7 Å². The molecule has 0 aliphatic heterocycles. The molecule has 2 N–H and O–H groups in total.